The van der Waals surface area contributed by atoms with Crippen molar-refractivity contribution in [3.63, 3.8) is 0 Å². The summed E-state index contributed by atoms with van der Waals surface area (Å²) in [6, 6.07) is 20.8. The molecule has 0 aromatic heterocycles. The van der Waals surface area contributed by atoms with Gasteiger partial charge in [0.05, 0.1) is 5.69 Å². The molecule has 0 saturated carbocycles. The topological polar surface area (TPSA) is 35.8 Å². The zero-order chi connectivity index (χ0) is 20.1. The zero-order valence-electron chi connectivity index (χ0n) is 16.1. The molecule has 3 nitrogen and oxygen atoms in total. The predicted octanol–water partition coefficient (Wildman–Crippen LogP) is 6.05. The molecule has 1 saturated heterocycles. The van der Waals surface area contributed by atoms with Crippen LogP contribution in [-0.2, 0) is 0 Å². The molecule has 3 aromatic carbocycles. The summed E-state index contributed by atoms with van der Waals surface area (Å²) in [6.45, 7) is 2.24. The summed E-state index contributed by atoms with van der Waals surface area (Å²) in [6.07, 6.45) is 7.77. The molecule has 0 amide bonds. The monoisotopic (exact) mass is 386 g/mol. The third-order valence-corrected chi connectivity index (χ3v) is 5.06. The van der Waals surface area contributed by atoms with E-state index in [1.807, 2.05) is 42.5 Å². The van der Waals surface area contributed by atoms with Crippen molar-refractivity contribution >= 4 is 29.7 Å². The van der Waals surface area contributed by atoms with Gasteiger partial charge >= 0.3 is 0 Å². The van der Waals surface area contributed by atoms with Crippen LogP contribution in [0.4, 0.5) is 15.8 Å². The maximum absolute atomic E-state index is 14.2. The van der Waals surface area contributed by atoms with E-state index in [1.54, 1.807) is 6.07 Å². The second-order valence-corrected chi connectivity index (χ2v) is 7.15. The Hall–Kier alpha value is -3.40. The van der Waals surface area contributed by atoms with Crippen molar-refractivity contribution in [2.45, 2.75) is 12.8 Å². The Morgan fingerprint density at radius 3 is 2.28 bits per heavy atom. The maximum Gasteiger partial charge on any atom is 0.166 e. The smallest absolute Gasteiger partial charge is 0.166 e. The van der Waals surface area contributed by atoms with E-state index in [2.05, 4.69) is 34.2 Å². The molecular weight excluding hydrogens is 363 g/mol. The quantitative estimate of drug-likeness (QED) is 0.428. The van der Waals surface area contributed by atoms with Gasteiger partial charge in [-0.3, -0.25) is 4.99 Å². The van der Waals surface area contributed by atoms with Gasteiger partial charge in [-0.05, 0) is 60.4 Å². The number of para-hydroxylation sites is 1. The van der Waals surface area contributed by atoms with Gasteiger partial charge in [-0.25, -0.2) is 4.39 Å². The summed E-state index contributed by atoms with van der Waals surface area (Å²) in [5.74, 6) is -1.05. The molecule has 0 radical (unpaired) electrons. The summed E-state index contributed by atoms with van der Waals surface area (Å²) in [7, 11) is 0. The Morgan fingerprint density at radius 2 is 1.55 bits per heavy atom. The number of halogens is 1. The molecule has 1 fully saturated rings. The SMILES string of the molecule is Oc1c(F)cc(/C=C/c2ccc(N3CCCC3)cc2)cc1/C=N/c1ccccc1. The van der Waals surface area contributed by atoms with Gasteiger partial charge in [0.25, 0.3) is 0 Å². The van der Waals surface area contributed by atoms with E-state index in [9.17, 15) is 9.50 Å². The van der Waals surface area contributed by atoms with E-state index in [0.717, 1.165) is 24.3 Å². The van der Waals surface area contributed by atoms with Gasteiger partial charge in [0, 0.05) is 30.6 Å². The first-order valence-corrected chi connectivity index (χ1v) is 9.84. The van der Waals surface area contributed by atoms with Crippen LogP contribution in [0.1, 0.15) is 29.5 Å². The molecule has 1 aliphatic heterocycles. The number of benzene rings is 3. The molecule has 0 atom stereocenters. The Morgan fingerprint density at radius 1 is 0.862 bits per heavy atom. The second kappa shape index (κ2) is 8.74. The molecule has 4 rings (SSSR count). The Bertz CT molecular complexity index is 1020. The van der Waals surface area contributed by atoms with Crippen molar-refractivity contribution < 1.29 is 9.50 Å². The van der Waals surface area contributed by atoms with Crippen LogP contribution in [-0.4, -0.2) is 24.4 Å². The van der Waals surface area contributed by atoms with Crippen LogP contribution < -0.4 is 4.90 Å². The van der Waals surface area contributed by atoms with Crippen molar-refractivity contribution in [1.82, 2.24) is 0 Å². The molecule has 1 aliphatic rings. The molecule has 1 heterocycles. The first kappa shape index (κ1) is 18.9. The molecular formula is C25H23FN2O. The summed E-state index contributed by atoms with van der Waals surface area (Å²) in [5, 5.41) is 10.0. The number of anilines is 1. The zero-order valence-corrected chi connectivity index (χ0v) is 16.1. The van der Waals surface area contributed by atoms with Crippen LogP contribution in [0, 0.1) is 5.82 Å². The average Bonchev–Trinajstić information content (AvgIpc) is 3.29. The maximum atomic E-state index is 14.2. The average molecular weight is 386 g/mol. The number of aromatic hydroxyl groups is 1. The number of hydrogen-bond acceptors (Lipinski definition) is 3. The minimum absolute atomic E-state index is 0.345. The highest BCUT2D eigenvalue weighted by molar-refractivity contribution is 5.87. The minimum atomic E-state index is -0.661. The molecule has 1 N–H and O–H groups in total. The van der Waals surface area contributed by atoms with E-state index < -0.39 is 11.6 Å². The van der Waals surface area contributed by atoms with Gasteiger partial charge in [0.2, 0.25) is 0 Å². The largest absolute Gasteiger partial charge is 0.504 e. The van der Waals surface area contributed by atoms with Gasteiger partial charge in [0.1, 0.15) is 0 Å². The number of aliphatic imine (C=N–C) groups is 1. The fourth-order valence-electron chi connectivity index (χ4n) is 3.46. The standard InChI is InChI=1S/C25H23FN2O/c26-24-17-20(16-21(25(24)29)18-27-22-6-2-1-3-7-22)9-8-19-10-12-23(13-11-19)28-14-4-5-15-28/h1-3,6-13,16-18,29H,4-5,14-15H2/b9-8+,27-18+. The highest BCUT2D eigenvalue weighted by Crippen LogP contribution is 2.25. The fourth-order valence-corrected chi connectivity index (χ4v) is 3.46. The van der Waals surface area contributed by atoms with Gasteiger partial charge in [-0.2, -0.15) is 0 Å². The number of phenols is 1. The van der Waals surface area contributed by atoms with Crippen molar-refractivity contribution in [3.05, 3.63) is 89.2 Å². The first-order valence-electron chi connectivity index (χ1n) is 9.84. The van der Waals surface area contributed by atoms with Crippen LogP contribution >= 0.6 is 0 Å². The van der Waals surface area contributed by atoms with Crippen LogP contribution in [0.5, 0.6) is 5.75 Å². The van der Waals surface area contributed by atoms with E-state index in [0.29, 0.717) is 11.1 Å². The number of hydrogen-bond donors (Lipinski definition) is 1. The molecule has 0 unspecified atom stereocenters. The van der Waals surface area contributed by atoms with Crippen LogP contribution in [0.2, 0.25) is 0 Å². The first-order chi connectivity index (χ1) is 14.2. The van der Waals surface area contributed by atoms with Crippen LogP contribution in [0.15, 0.2) is 71.7 Å². The molecule has 4 heteroatoms. The van der Waals surface area contributed by atoms with Crippen LogP contribution in [0.3, 0.4) is 0 Å². The van der Waals surface area contributed by atoms with Crippen LogP contribution in [0.25, 0.3) is 12.2 Å². The normalized spacial score (nSPS) is 14.3. The second-order valence-electron chi connectivity index (χ2n) is 7.15. The Labute approximate surface area is 170 Å². The highest BCUT2D eigenvalue weighted by Gasteiger charge is 2.11. The fraction of sp³-hybridized carbons (Fsp3) is 0.160. The molecule has 146 valence electrons. The summed E-state index contributed by atoms with van der Waals surface area (Å²) < 4.78 is 14.2. The number of nitrogens with zero attached hydrogens (tertiary/aromatic N) is 2. The van der Waals surface area contributed by atoms with Crippen molar-refractivity contribution in [1.29, 1.82) is 0 Å². The van der Waals surface area contributed by atoms with Crippen molar-refractivity contribution in [2.24, 2.45) is 4.99 Å². The highest BCUT2D eigenvalue weighted by atomic mass is 19.1. The molecule has 0 spiro atoms. The summed E-state index contributed by atoms with van der Waals surface area (Å²) >= 11 is 0. The molecule has 29 heavy (non-hydrogen) atoms. The molecule has 3 aromatic rings. The van der Waals surface area contributed by atoms with Gasteiger partial charge in [-0.15, -0.1) is 0 Å². The van der Waals surface area contributed by atoms with Gasteiger partial charge < -0.3 is 10.0 Å². The lowest BCUT2D eigenvalue weighted by atomic mass is 10.1. The summed E-state index contributed by atoms with van der Waals surface area (Å²) in [4.78, 5) is 6.69. The lowest BCUT2D eigenvalue weighted by Gasteiger charge is -2.17. The minimum Gasteiger partial charge on any atom is -0.504 e. The molecule has 0 aliphatic carbocycles. The number of rotatable bonds is 5. The summed E-state index contributed by atoms with van der Waals surface area (Å²) in [5.41, 5.74) is 4.04. The Kier molecular flexibility index (Phi) is 5.71. The third-order valence-electron chi connectivity index (χ3n) is 5.06. The van der Waals surface area contributed by atoms with E-state index in [-0.39, 0.29) is 0 Å². The van der Waals surface area contributed by atoms with E-state index >= 15 is 0 Å². The lowest BCUT2D eigenvalue weighted by molar-refractivity contribution is 0.431. The van der Waals surface area contributed by atoms with E-state index in [1.165, 1.54) is 30.8 Å². The molecule has 0 bridgehead atoms. The van der Waals surface area contributed by atoms with Crippen molar-refractivity contribution in [3.8, 4) is 5.75 Å². The van der Waals surface area contributed by atoms with Crippen molar-refractivity contribution in [2.75, 3.05) is 18.0 Å². The third kappa shape index (κ3) is 4.72. The van der Waals surface area contributed by atoms with E-state index in [4.69, 9.17) is 0 Å². The van der Waals surface area contributed by atoms with Gasteiger partial charge in [-0.1, -0.05) is 42.5 Å². The Balaban J connectivity index is 1.52. The lowest BCUT2D eigenvalue weighted by Crippen LogP contribution is -2.17. The number of phenolic OH excluding ortho intramolecular Hbond substituents is 1. The van der Waals surface area contributed by atoms with Gasteiger partial charge in [0.15, 0.2) is 11.6 Å². The predicted molar refractivity (Wildman–Crippen MR) is 119 cm³/mol.